The molecule has 1 amide bonds. The molecule has 0 saturated heterocycles. The van der Waals surface area contributed by atoms with E-state index in [1.54, 1.807) is 0 Å². The van der Waals surface area contributed by atoms with Gasteiger partial charge in [-0.3, -0.25) is 4.79 Å². The molecule has 0 unspecified atom stereocenters. The predicted octanol–water partition coefficient (Wildman–Crippen LogP) is 5.06. The van der Waals surface area contributed by atoms with E-state index in [-0.39, 0.29) is 11.7 Å². The summed E-state index contributed by atoms with van der Waals surface area (Å²) in [7, 11) is 0. The maximum absolute atomic E-state index is 13.1. The lowest BCUT2D eigenvalue weighted by Crippen LogP contribution is -2.15. The van der Waals surface area contributed by atoms with E-state index < -0.39 is 0 Å². The maximum atomic E-state index is 13.1. The van der Waals surface area contributed by atoms with Gasteiger partial charge in [0.15, 0.2) is 0 Å². The third-order valence-corrected chi connectivity index (χ3v) is 4.36. The molecule has 0 radical (unpaired) electrons. The fourth-order valence-corrected chi connectivity index (χ4v) is 3.42. The van der Waals surface area contributed by atoms with Gasteiger partial charge in [0, 0.05) is 8.04 Å². The van der Waals surface area contributed by atoms with Crippen molar-refractivity contribution >= 4 is 50.1 Å². The Balaban J connectivity index is 2.33. The van der Waals surface area contributed by atoms with E-state index in [9.17, 15) is 9.18 Å². The number of carbonyl (C=O) groups is 1. The summed E-state index contributed by atoms with van der Waals surface area (Å²) in [6.45, 7) is 3.93. The number of halogens is 3. The van der Waals surface area contributed by atoms with Gasteiger partial charge in [-0.05, 0) is 87.8 Å². The van der Waals surface area contributed by atoms with Crippen molar-refractivity contribution < 1.29 is 9.18 Å². The first kappa shape index (κ1) is 15.4. The molecule has 2 aromatic rings. The number of anilines is 1. The highest BCUT2D eigenvalue weighted by molar-refractivity contribution is 14.1. The molecule has 0 saturated carbocycles. The largest absolute Gasteiger partial charge is 0.321 e. The lowest BCUT2D eigenvalue weighted by molar-refractivity contribution is 0.102. The summed E-state index contributed by atoms with van der Waals surface area (Å²) in [6.07, 6.45) is 0. The maximum Gasteiger partial charge on any atom is 0.256 e. The van der Waals surface area contributed by atoms with Crippen molar-refractivity contribution in [2.75, 3.05) is 5.32 Å². The molecule has 20 heavy (non-hydrogen) atoms. The first-order valence-corrected chi connectivity index (χ1v) is 7.79. The molecule has 0 bridgehead atoms. The normalized spacial score (nSPS) is 10.4. The summed E-state index contributed by atoms with van der Waals surface area (Å²) in [5, 5.41) is 2.87. The van der Waals surface area contributed by atoms with Gasteiger partial charge in [-0.15, -0.1) is 0 Å². The smallest absolute Gasteiger partial charge is 0.256 e. The van der Waals surface area contributed by atoms with Crippen LogP contribution in [-0.4, -0.2) is 5.91 Å². The topological polar surface area (TPSA) is 29.1 Å². The zero-order chi connectivity index (χ0) is 14.9. The minimum atomic E-state index is -0.348. The van der Waals surface area contributed by atoms with Gasteiger partial charge in [-0.2, -0.15) is 0 Å². The first-order chi connectivity index (χ1) is 9.38. The average molecular weight is 448 g/mol. The second kappa shape index (κ2) is 6.22. The Labute approximate surface area is 139 Å². The molecule has 104 valence electrons. The highest BCUT2D eigenvalue weighted by atomic mass is 127. The SMILES string of the molecule is Cc1cc(C)c(NC(=O)c2ccc(F)cc2I)c(Br)c1. The Hall–Kier alpha value is -0.950. The molecule has 0 atom stereocenters. The van der Waals surface area contributed by atoms with Crippen molar-refractivity contribution in [3.05, 3.63) is 60.9 Å². The minimum Gasteiger partial charge on any atom is -0.321 e. The summed E-state index contributed by atoms with van der Waals surface area (Å²) < 4.78 is 14.5. The third kappa shape index (κ3) is 3.38. The quantitative estimate of drug-likeness (QED) is 0.640. The fraction of sp³-hybridized carbons (Fsp3) is 0.133. The van der Waals surface area contributed by atoms with Crippen LogP contribution in [0, 0.1) is 23.2 Å². The van der Waals surface area contributed by atoms with E-state index in [1.165, 1.54) is 18.2 Å². The lowest BCUT2D eigenvalue weighted by Gasteiger charge is -2.12. The van der Waals surface area contributed by atoms with Crippen LogP contribution in [-0.2, 0) is 0 Å². The zero-order valence-electron chi connectivity index (χ0n) is 10.9. The summed E-state index contributed by atoms with van der Waals surface area (Å²) in [4.78, 5) is 12.3. The molecule has 0 aliphatic heterocycles. The van der Waals surface area contributed by atoms with Crippen LogP contribution in [0.25, 0.3) is 0 Å². The van der Waals surface area contributed by atoms with Gasteiger partial charge >= 0.3 is 0 Å². The van der Waals surface area contributed by atoms with E-state index in [0.29, 0.717) is 9.13 Å². The molecule has 2 rings (SSSR count). The third-order valence-electron chi connectivity index (χ3n) is 2.85. The molecule has 0 heterocycles. The van der Waals surface area contributed by atoms with Crippen LogP contribution in [0.1, 0.15) is 21.5 Å². The van der Waals surface area contributed by atoms with Crippen molar-refractivity contribution in [3.63, 3.8) is 0 Å². The Morgan fingerprint density at radius 1 is 1.25 bits per heavy atom. The average Bonchev–Trinajstić information content (AvgIpc) is 2.33. The summed E-state index contributed by atoms with van der Waals surface area (Å²) in [6, 6.07) is 8.05. The van der Waals surface area contributed by atoms with E-state index in [2.05, 4.69) is 21.2 Å². The van der Waals surface area contributed by atoms with Crippen molar-refractivity contribution in [2.24, 2.45) is 0 Å². The second-order valence-corrected chi connectivity index (χ2v) is 6.53. The van der Waals surface area contributed by atoms with E-state index >= 15 is 0 Å². The number of amides is 1. The van der Waals surface area contributed by atoms with Gasteiger partial charge in [0.25, 0.3) is 5.91 Å². The lowest BCUT2D eigenvalue weighted by atomic mass is 10.1. The molecule has 2 aromatic carbocycles. The number of carbonyl (C=O) groups excluding carboxylic acids is 1. The number of nitrogens with one attached hydrogen (secondary N) is 1. The van der Waals surface area contributed by atoms with Gasteiger partial charge in [-0.25, -0.2) is 4.39 Å². The minimum absolute atomic E-state index is 0.248. The molecule has 5 heteroatoms. The molecule has 0 aliphatic rings. The summed E-state index contributed by atoms with van der Waals surface area (Å²) in [5.41, 5.74) is 3.28. The molecular weight excluding hydrogens is 436 g/mol. The van der Waals surface area contributed by atoms with Crippen LogP contribution in [0.15, 0.2) is 34.8 Å². The van der Waals surface area contributed by atoms with Crippen LogP contribution in [0.2, 0.25) is 0 Å². The first-order valence-electron chi connectivity index (χ1n) is 5.91. The molecule has 0 spiro atoms. The molecule has 0 aliphatic carbocycles. The zero-order valence-corrected chi connectivity index (χ0v) is 14.7. The van der Waals surface area contributed by atoms with E-state index in [0.717, 1.165) is 21.3 Å². The number of hydrogen-bond donors (Lipinski definition) is 1. The highest BCUT2D eigenvalue weighted by Gasteiger charge is 2.14. The van der Waals surface area contributed by atoms with Crippen molar-refractivity contribution in [2.45, 2.75) is 13.8 Å². The summed E-state index contributed by atoms with van der Waals surface area (Å²) in [5.74, 6) is -0.597. The van der Waals surface area contributed by atoms with Crippen molar-refractivity contribution in [1.29, 1.82) is 0 Å². The van der Waals surface area contributed by atoms with Crippen molar-refractivity contribution in [3.8, 4) is 0 Å². The number of aryl methyl sites for hydroxylation is 2. The van der Waals surface area contributed by atoms with Gasteiger partial charge in [0.05, 0.1) is 11.3 Å². The van der Waals surface area contributed by atoms with E-state index in [1.807, 2.05) is 48.6 Å². The highest BCUT2D eigenvalue weighted by Crippen LogP contribution is 2.28. The van der Waals surface area contributed by atoms with Gasteiger partial charge in [-0.1, -0.05) is 6.07 Å². The van der Waals surface area contributed by atoms with Crippen LogP contribution >= 0.6 is 38.5 Å². The fourth-order valence-electron chi connectivity index (χ4n) is 1.93. The predicted molar refractivity (Wildman–Crippen MR) is 90.7 cm³/mol. The van der Waals surface area contributed by atoms with Gasteiger partial charge in [0.1, 0.15) is 5.82 Å². The molecule has 0 fully saturated rings. The number of hydrogen-bond acceptors (Lipinski definition) is 1. The van der Waals surface area contributed by atoms with Crippen LogP contribution in [0.3, 0.4) is 0 Å². The Morgan fingerprint density at radius 2 is 1.95 bits per heavy atom. The number of rotatable bonds is 2. The van der Waals surface area contributed by atoms with E-state index in [4.69, 9.17) is 0 Å². The van der Waals surface area contributed by atoms with Crippen LogP contribution in [0.4, 0.5) is 10.1 Å². The Bertz CT molecular complexity index is 665. The molecule has 0 aromatic heterocycles. The molecule has 1 N–H and O–H groups in total. The Morgan fingerprint density at radius 3 is 2.55 bits per heavy atom. The van der Waals surface area contributed by atoms with Crippen molar-refractivity contribution in [1.82, 2.24) is 0 Å². The molecular formula is C15H12BrFINO. The number of benzene rings is 2. The van der Waals surface area contributed by atoms with Gasteiger partial charge in [0.2, 0.25) is 0 Å². The summed E-state index contributed by atoms with van der Waals surface area (Å²) >= 11 is 5.41. The standard InChI is InChI=1S/C15H12BrFINO/c1-8-5-9(2)14(12(16)6-8)19-15(20)11-4-3-10(17)7-13(11)18/h3-7H,1-2H3,(H,19,20). The Kier molecular flexibility index (Phi) is 4.80. The molecule has 2 nitrogen and oxygen atoms in total. The van der Waals surface area contributed by atoms with Crippen LogP contribution in [0.5, 0.6) is 0 Å². The van der Waals surface area contributed by atoms with Crippen LogP contribution < -0.4 is 5.32 Å². The second-order valence-electron chi connectivity index (χ2n) is 4.52. The van der Waals surface area contributed by atoms with Gasteiger partial charge < -0.3 is 5.32 Å². The monoisotopic (exact) mass is 447 g/mol.